The molecule has 252 valence electrons. The van der Waals surface area contributed by atoms with Gasteiger partial charge in [0.2, 0.25) is 0 Å². The minimum atomic E-state index is -4.48. The number of hydrogen-bond donors (Lipinski definition) is 4. The van der Waals surface area contributed by atoms with Gasteiger partial charge in [-0.2, -0.15) is 26.3 Å². The number of carbonyl (C=O) groups excluding carboxylic acids is 1. The Hall–Kier alpha value is -4.05. The second kappa shape index (κ2) is 13.5. The molecule has 2 heterocycles. The van der Waals surface area contributed by atoms with Crippen LogP contribution in [0.4, 0.5) is 65.3 Å². The molecule has 0 aromatic heterocycles. The van der Waals surface area contributed by atoms with E-state index in [9.17, 15) is 31.1 Å². The highest BCUT2D eigenvalue weighted by Crippen LogP contribution is 2.52. The number of urea groups is 1. The molecule has 6 N–H and O–H groups in total. The van der Waals surface area contributed by atoms with Crippen molar-refractivity contribution in [2.75, 3.05) is 46.6 Å². The number of rotatable bonds is 8. The lowest BCUT2D eigenvalue weighted by molar-refractivity contribution is -0.138. The van der Waals surface area contributed by atoms with Crippen LogP contribution in [0.3, 0.4) is 0 Å². The Morgan fingerprint density at radius 2 is 1.00 bits per heavy atom. The number of nitrogens with zero attached hydrogens (tertiary/aromatic N) is 2. The summed E-state index contributed by atoms with van der Waals surface area (Å²) < 4.78 is 80.9. The average molecular weight is 705 g/mol. The molecule has 2 aliphatic rings. The van der Waals surface area contributed by atoms with E-state index >= 15 is 0 Å². The molecular formula is C33H30F6N6OS2. The number of alkyl halides is 6. The number of anilines is 6. The Labute approximate surface area is 281 Å². The van der Waals surface area contributed by atoms with Gasteiger partial charge >= 0.3 is 18.4 Å². The molecule has 4 aromatic rings. The van der Waals surface area contributed by atoms with Crippen molar-refractivity contribution in [2.45, 2.75) is 44.8 Å². The summed E-state index contributed by atoms with van der Waals surface area (Å²) >= 11 is 2.62. The zero-order valence-corrected chi connectivity index (χ0v) is 26.8. The van der Waals surface area contributed by atoms with Gasteiger partial charge in [0.1, 0.15) is 0 Å². The highest BCUT2D eigenvalue weighted by atomic mass is 32.2. The molecule has 0 bridgehead atoms. The van der Waals surface area contributed by atoms with Gasteiger partial charge in [0, 0.05) is 44.0 Å². The minimum absolute atomic E-state index is 0.367. The highest BCUT2D eigenvalue weighted by Gasteiger charge is 2.35. The lowest BCUT2D eigenvalue weighted by Crippen LogP contribution is -2.25. The molecule has 15 heteroatoms. The first-order valence-corrected chi connectivity index (χ1v) is 16.6. The zero-order valence-electron chi connectivity index (χ0n) is 25.2. The van der Waals surface area contributed by atoms with Crippen molar-refractivity contribution in [3.05, 3.63) is 83.9 Å². The van der Waals surface area contributed by atoms with Crippen molar-refractivity contribution in [1.82, 2.24) is 0 Å². The summed E-state index contributed by atoms with van der Waals surface area (Å²) in [5, 5.41) is 5.63. The van der Waals surface area contributed by atoms with Gasteiger partial charge < -0.3 is 31.9 Å². The summed E-state index contributed by atoms with van der Waals surface area (Å²) in [6.07, 6.45) is -7.84. The third-order valence-electron chi connectivity index (χ3n) is 7.78. The van der Waals surface area contributed by atoms with E-state index in [1.54, 1.807) is 36.4 Å². The standard InChI is InChI=1S/C33H30F6N6OS2/c34-32(35,36)19-3-9-27-25(15-19)44(13-1-11-40)23-7-5-21(17-29(23)47-27)42-31(46)43-22-6-8-24-30(18-22)48-28-10-4-20(33(37,38)39)16-26(28)45(24)14-2-12-41/h3-10,15-18H,1-2,11-14,40-41H2,(H2,42,43,46). The van der Waals surface area contributed by atoms with Gasteiger partial charge in [-0.1, -0.05) is 23.5 Å². The maximum atomic E-state index is 13.5. The van der Waals surface area contributed by atoms with Crippen molar-refractivity contribution in [2.24, 2.45) is 11.5 Å². The molecule has 0 radical (unpaired) electrons. The highest BCUT2D eigenvalue weighted by molar-refractivity contribution is 8.00. The predicted molar refractivity (Wildman–Crippen MR) is 178 cm³/mol. The van der Waals surface area contributed by atoms with E-state index in [2.05, 4.69) is 10.6 Å². The summed E-state index contributed by atoms with van der Waals surface area (Å²) in [7, 11) is 0. The van der Waals surface area contributed by atoms with Crippen molar-refractivity contribution in [3.63, 3.8) is 0 Å². The van der Waals surface area contributed by atoms with Crippen LogP contribution in [0, 0.1) is 0 Å². The third-order valence-corrected chi connectivity index (χ3v) is 10.0. The molecule has 0 saturated heterocycles. The molecular weight excluding hydrogens is 675 g/mol. The Morgan fingerprint density at radius 1 is 0.583 bits per heavy atom. The molecule has 48 heavy (non-hydrogen) atoms. The van der Waals surface area contributed by atoms with E-state index in [-0.39, 0.29) is 0 Å². The van der Waals surface area contributed by atoms with Crippen LogP contribution in [0.2, 0.25) is 0 Å². The number of hydrogen-bond acceptors (Lipinski definition) is 7. The number of benzene rings is 4. The summed E-state index contributed by atoms with van der Waals surface area (Å²) in [4.78, 5) is 19.5. The van der Waals surface area contributed by atoms with E-state index in [4.69, 9.17) is 11.5 Å². The first-order valence-electron chi connectivity index (χ1n) is 15.0. The number of carbonyl (C=O) groups is 1. The Bertz CT molecular complexity index is 1720. The molecule has 0 spiro atoms. The zero-order chi connectivity index (χ0) is 34.2. The van der Waals surface area contributed by atoms with Gasteiger partial charge in [-0.25, -0.2) is 4.79 Å². The van der Waals surface area contributed by atoms with E-state index < -0.39 is 29.5 Å². The van der Waals surface area contributed by atoms with Crippen LogP contribution >= 0.6 is 23.5 Å². The maximum Gasteiger partial charge on any atom is 0.416 e. The predicted octanol–water partition coefficient (Wildman–Crippen LogP) is 9.27. The number of fused-ring (bicyclic) bond motifs is 4. The molecule has 0 fully saturated rings. The smallest absolute Gasteiger partial charge is 0.340 e. The fourth-order valence-electron chi connectivity index (χ4n) is 5.55. The summed E-state index contributed by atoms with van der Waals surface area (Å²) in [5.74, 6) is 0. The molecule has 6 rings (SSSR count). The van der Waals surface area contributed by atoms with Crippen LogP contribution in [0.1, 0.15) is 24.0 Å². The van der Waals surface area contributed by atoms with Crippen LogP contribution in [0.5, 0.6) is 0 Å². The first-order chi connectivity index (χ1) is 22.9. The molecule has 2 amide bonds. The van der Waals surface area contributed by atoms with E-state index in [1.165, 1.54) is 35.7 Å². The Morgan fingerprint density at radius 3 is 1.38 bits per heavy atom. The lowest BCUT2D eigenvalue weighted by atomic mass is 10.1. The van der Waals surface area contributed by atoms with Gasteiger partial charge in [-0.3, -0.25) is 0 Å². The van der Waals surface area contributed by atoms with Gasteiger partial charge in [0.05, 0.1) is 33.9 Å². The van der Waals surface area contributed by atoms with Crippen LogP contribution < -0.4 is 31.9 Å². The van der Waals surface area contributed by atoms with Crippen molar-refractivity contribution < 1.29 is 31.1 Å². The van der Waals surface area contributed by atoms with Crippen molar-refractivity contribution in [1.29, 1.82) is 0 Å². The molecule has 4 aromatic carbocycles. The van der Waals surface area contributed by atoms with Crippen LogP contribution in [-0.4, -0.2) is 32.2 Å². The molecule has 0 saturated carbocycles. The van der Waals surface area contributed by atoms with Gasteiger partial charge in [0.25, 0.3) is 0 Å². The molecule has 7 nitrogen and oxygen atoms in total. The van der Waals surface area contributed by atoms with Gasteiger partial charge in [0.15, 0.2) is 0 Å². The summed E-state index contributed by atoms with van der Waals surface area (Å²) in [5.41, 5.74) is 13.2. The molecule has 0 atom stereocenters. The Kier molecular flexibility index (Phi) is 9.48. The number of halogens is 6. The number of nitrogens with one attached hydrogen (secondary N) is 2. The first kappa shape index (κ1) is 33.8. The third kappa shape index (κ3) is 7.04. The van der Waals surface area contributed by atoms with Gasteiger partial charge in [-0.15, -0.1) is 0 Å². The second-order valence-corrected chi connectivity index (χ2v) is 13.3. The topological polar surface area (TPSA) is 99.6 Å². The minimum Gasteiger partial charge on any atom is -0.340 e. The lowest BCUT2D eigenvalue weighted by Gasteiger charge is -2.33. The molecule has 0 unspecified atom stereocenters. The largest absolute Gasteiger partial charge is 0.416 e. The van der Waals surface area contributed by atoms with E-state index in [1.807, 2.05) is 9.80 Å². The van der Waals surface area contributed by atoms with E-state index in [0.29, 0.717) is 82.9 Å². The number of amides is 2. The van der Waals surface area contributed by atoms with Gasteiger partial charge in [-0.05, 0) is 98.7 Å². The SMILES string of the molecule is NCCCN1c2ccc(NC(=O)Nc3ccc4c(c3)Sc3ccc(C(F)(F)F)cc3N4CCCN)cc2Sc2ccc(C(F)(F)F)cc21. The maximum absolute atomic E-state index is 13.5. The average Bonchev–Trinajstić information content (AvgIpc) is 3.03. The Balaban J connectivity index is 1.20. The summed E-state index contributed by atoms with van der Waals surface area (Å²) in [6, 6.07) is 17.2. The van der Waals surface area contributed by atoms with Crippen LogP contribution in [0.25, 0.3) is 0 Å². The van der Waals surface area contributed by atoms with Crippen LogP contribution in [0.15, 0.2) is 92.4 Å². The van der Waals surface area contributed by atoms with Crippen LogP contribution in [-0.2, 0) is 12.4 Å². The number of nitrogens with two attached hydrogens (primary N) is 2. The second-order valence-electron chi connectivity index (χ2n) is 11.1. The van der Waals surface area contributed by atoms with Crippen molar-refractivity contribution >= 4 is 63.7 Å². The van der Waals surface area contributed by atoms with E-state index in [0.717, 1.165) is 34.1 Å². The normalized spacial score (nSPS) is 13.8. The summed E-state index contributed by atoms with van der Waals surface area (Å²) in [6.45, 7) is 1.57. The quantitative estimate of drug-likeness (QED) is 0.136. The molecule has 0 aliphatic carbocycles. The fraction of sp³-hybridized carbons (Fsp3) is 0.242. The fourth-order valence-corrected chi connectivity index (χ4v) is 7.78. The van der Waals surface area contributed by atoms with Crippen molar-refractivity contribution in [3.8, 4) is 0 Å². The molecule has 2 aliphatic heterocycles. The monoisotopic (exact) mass is 704 g/mol.